The van der Waals surface area contributed by atoms with Crippen LogP contribution in [0.4, 0.5) is 8.78 Å². The summed E-state index contributed by atoms with van der Waals surface area (Å²) in [6, 6.07) is 2.30. The largest absolute Gasteiger partial charge is 0.375 e. The lowest BCUT2D eigenvalue weighted by atomic mass is 10.2. The molecule has 1 saturated heterocycles. The molecule has 6 nitrogen and oxygen atoms in total. The van der Waals surface area contributed by atoms with E-state index in [0.29, 0.717) is 26.2 Å². The molecule has 0 saturated carbocycles. The zero-order chi connectivity index (χ0) is 18.1. The SMILES string of the molecule is COCC(=O)N1CCN(C(=O)c2[nH]c3ccc(F)c(F)c3c2Cl)CC1. The number of benzene rings is 1. The number of fused-ring (bicyclic) bond motifs is 1. The van der Waals surface area contributed by atoms with Crippen LogP contribution in [0.15, 0.2) is 12.1 Å². The van der Waals surface area contributed by atoms with E-state index in [4.69, 9.17) is 16.3 Å². The van der Waals surface area contributed by atoms with Crippen LogP contribution in [0.3, 0.4) is 0 Å². The summed E-state index contributed by atoms with van der Waals surface area (Å²) in [5, 5.41) is -0.284. The van der Waals surface area contributed by atoms with Crippen LogP contribution in [0, 0.1) is 11.6 Å². The maximum absolute atomic E-state index is 13.9. The molecule has 134 valence electrons. The number of H-pyrrole nitrogens is 1. The number of nitrogens with zero attached hydrogens (tertiary/aromatic N) is 2. The van der Waals surface area contributed by atoms with E-state index in [-0.39, 0.29) is 34.1 Å². The van der Waals surface area contributed by atoms with Gasteiger partial charge in [-0.3, -0.25) is 9.59 Å². The lowest BCUT2D eigenvalue weighted by Gasteiger charge is -2.34. The number of aromatic nitrogens is 1. The van der Waals surface area contributed by atoms with Crippen LogP contribution in [0.1, 0.15) is 10.5 Å². The van der Waals surface area contributed by atoms with E-state index in [9.17, 15) is 18.4 Å². The Morgan fingerprint density at radius 3 is 2.48 bits per heavy atom. The molecule has 0 spiro atoms. The van der Waals surface area contributed by atoms with Crippen molar-refractivity contribution in [1.29, 1.82) is 0 Å². The van der Waals surface area contributed by atoms with Crippen molar-refractivity contribution in [2.24, 2.45) is 0 Å². The van der Waals surface area contributed by atoms with E-state index in [1.807, 2.05) is 0 Å². The summed E-state index contributed by atoms with van der Waals surface area (Å²) in [7, 11) is 1.44. The second-order valence-corrected chi connectivity index (χ2v) is 6.08. The number of methoxy groups -OCH3 is 1. The van der Waals surface area contributed by atoms with Gasteiger partial charge in [0.15, 0.2) is 11.6 Å². The van der Waals surface area contributed by atoms with Crippen molar-refractivity contribution in [3.05, 3.63) is 34.5 Å². The van der Waals surface area contributed by atoms with Crippen molar-refractivity contribution in [2.45, 2.75) is 0 Å². The summed E-state index contributed by atoms with van der Waals surface area (Å²) in [4.78, 5) is 30.3. The maximum Gasteiger partial charge on any atom is 0.271 e. The van der Waals surface area contributed by atoms with Gasteiger partial charge in [-0.1, -0.05) is 11.6 Å². The van der Waals surface area contributed by atoms with E-state index in [0.717, 1.165) is 6.07 Å². The van der Waals surface area contributed by atoms with Gasteiger partial charge < -0.3 is 19.5 Å². The first kappa shape index (κ1) is 17.6. The van der Waals surface area contributed by atoms with Gasteiger partial charge in [0.05, 0.1) is 15.9 Å². The molecule has 0 aliphatic carbocycles. The molecule has 1 N–H and O–H groups in total. The number of nitrogens with one attached hydrogen (secondary N) is 1. The van der Waals surface area contributed by atoms with Crippen LogP contribution in [0.2, 0.25) is 5.02 Å². The van der Waals surface area contributed by atoms with E-state index in [1.165, 1.54) is 18.1 Å². The molecule has 1 aliphatic rings. The summed E-state index contributed by atoms with van der Waals surface area (Å²) >= 11 is 6.10. The third-order valence-electron chi connectivity index (χ3n) is 4.19. The van der Waals surface area contributed by atoms with Crippen molar-refractivity contribution in [2.75, 3.05) is 39.9 Å². The second kappa shape index (κ2) is 6.97. The Bertz CT molecular complexity index is 832. The summed E-state index contributed by atoms with van der Waals surface area (Å²) in [6.45, 7) is 1.36. The zero-order valence-electron chi connectivity index (χ0n) is 13.4. The number of hydrogen-bond acceptors (Lipinski definition) is 3. The number of carbonyl (C=O) groups is 2. The molecule has 1 aromatic heterocycles. The number of piperazine rings is 1. The molecule has 9 heteroatoms. The topological polar surface area (TPSA) is 65.6 Å². The van der Waals surface area contributed by atoms with Crippen molar-refractivity contribution in [1.82, 2.24) is 14.8 Å². The fraction of sp³-hybridized carbons (Fsp3) is 0.375. The molecule has 0 radical (unpaired) electrons. The average molecular weight is 372 g/mol. The highest BCUT2D eigenvalue weighted by Crippen LogP contribution is 2.31. The second-order valence-electron chi connectivity index (χ2n) is 5.70. The quantitative estimate of drug-likeness (QED) is 0.897. The Balaban J connectivity index is 1.79. The van der Waals surface area contributed by atoms with Gasteiger partial charge in [0.2, 0.25) is 5.91 Å². The third-order valence-corrected chi connectivity index (χ3v) is 4.57. The van der Waals surface area contributed by atoms with Gasteiger partial charge in [-0.05, 0) is 12.1 Å². The summed E-state index contributed by atoms with van der Waals surface area (Å²) in [5.41, 5.74) is 0.263. The van der Waals surface area contributed by atoms with Gasteiger partial charge in [-0.25, -0.2) is 8.78 Å². The molecule has 1 aromatic carbocycles. The van der Waals surface area contributed by atoms with Crippen LogP contribution in [-0.2, 0) is 9.53 Å². The Morgan fingerprint density at radius 1 is 1.20 bits per heavy atom. The van der Waals surface area contributed by atoms with Crippen LogP contribution in [0.5, 0.6) is 0 Å². The lowest BCUT2D eigenvalue weighted by molar-refractivity contribution is -0.136. The monoisotopic (exact) mass is 371 g/mol. The standard InChI is InChI=1S/C16H16ClF2N3O3/c1-25-8-11(23)21-4-6-22(7-5-21)16(24)15-13(17)12-10(20-15)3-2-9(18)14(12)19/h2-3,20H,4-8H2,1H3. The first-order valence-corrected chi connectivity index (χ1v) is 8.03. The normalized spacial score (nSPS) is 15.0. The first-order valence-electron chi connectivity index (χ1n) is 7.65. The molecule has 0 unspecified atom stereocenters. The Morgan fingerprint density at radius 2 is 1.84 bits per heavy atom. The minimum atomic E-state index is -1.09. The first-order chi connectivity index (χ1) is 11.9. The third kappa shape index (κ3) is 3.19. The minimum Gasteiger partial charge on any atom is -0.375 e. The number of carbonyl (C=O) groups excluding carboxylic acids is 2. The van der Waals surface area contributed by atoms with Crippen LogP contribution >= 0.6 is 11.6 Å². The summed E-state index contributed by atoms with van der Waals surface area (Å²) < 4.78 is 32.1. The predicted molar refractivity (Wildman–Crippen MR) is 87.6 cm³/mol. The molecule has 2 heterocycles. The molecule has 2 aromatic rings. The molecule has 1 aliphatic heterocycles. The Labute approximate surface area is 147 Å². The highest BCUT2D eigenvalue weighted by molar-refractivity contribution is 6.38. The van der Waals surface area contributed by atoms with Crippen LogP contribution in [0.25, 0.3) is 10.9 Å². The van der Waals surface area contributed by atoms with E-state index in [1.54, 1.807) is 4.90 Å². The van der Waals surface area contributed by atoms with Crippen molar-refractivity contribution >= 4 is 34.3 Å². The number of aromatic amines is 1. The Hall–Kier alpha value is -2.19. The smallest absolute Gasteiger partial charge is 0.271 e. The number of amides is 2. The van der Waals surface area contributed by atoms with Crippen molar-refractivity contribution in [3.8, 4) is 0 Å². The highest BCUT2D eigenvalue weighted by atomic mass is 35.5. The predicted octanol–water partition coefficient (Wildman–Crippen LogP) is 2.03. The van der Waals surface area contributed by atoms with Gasteiger partial charge >= 0.3 is 0 Å². The maximum atomic E-state index is 13.9. The fourth-order valence-electron chi connectivity index (χ4n) is 2.86. The van der Waals surface area contributed by atoms with E-state index >= 15 is 0 Å². The molecule has 0 bridgehead atoms. The van der Waals surface area contributed by atoms with Crippen LogP contribution in [-0.4, -0.2) is 66.5 Å². The molecule has 1 fully saturated rings. The molecule has 3 rings (SSSR count). The van der Waals surface area contributed by atoms with Gasteiger partial charge in [-0.15, -0.1) is 0 Å². The van der Waals surface area contributed by atoms with Gasteiger partial charge in [0.1, 0.15) is 12.3 Å². The summed E-state index contributed by atoms with van der Waals surface area (Å²) in [5.74, 6) is -2.68. The average Bonchev–Trinajstić information content (AvgIpc) is 2.95. The molecule has 25 heavy (non-hydrogen) atoms. The van der Waals surface area contributed by atoms with Crippen molar-refractivity contribution in [3.63, 3.8) is 0 Å². The van der Waals surface area contributed by atoms with E-state index in [2.05, 4.69) is 4.98 Å². The van der Waals surface area contributed by atoms with Gasteiger partial charge in [-0.2, -0.15) is 0 Å². The molecular weight excluding hydrogens is 356 g/mol. The number of rotatable bonds is 3. The van der Waals surface area contributed by atoms with Gasteiger partial charge in [0, 0.05) is 33.3 Å². The van der Waals surface area contributed by atoms with Crippen LogP contribution < -0.4 is 0 Å². The Kier molecular flexibility index (Phi) is 4.91. The number of halogens is 3. The molecular formula is C16H16ClF2N3O3. The van der Waals surface area contributed by atoms with Gasteiger partial charge in [0.25, 0.3) is 5.91 Å². The summed E-state index contributed by atoms with van der Waals surface area (Å²) in [6.07, 6.45) is 0. The minimum absolute atomic E-state index is 0.00731. The van der Waals surface area contributed by atoms with Crippen molar-refractivity contribution < 1.29 is 23.1 Å². The fourth-order valence-corrected chi connectivity index (χ4v) is 3.18. The number of hydrogen-bond donors (Lipinski definition) is 1. The lowest BCUT2D eigenvalue weighted by Crippen LogP contribution is -2.51. The van der Waals surface area contributed by atoms with E-state index < -0.39 is 17.5 Å². The zero-order valence-corrected chi connectivity index (χ0v) is 14.2. The molecule has 0 atom stereocenters. The highest BCUT2D eigenvalue weighted by Gasteiger charge is 2.28. The number of ether oxygens (including phenoxy) is 1. The molecule has 2 amide bonds.